The van der Waals surface area contributed by atoms with Crippen LogP contribution in [-0.2, 0) is 27.4 Å². The molecule has 120 valence electrons. The zero-order chi connectivity index (χ0) is 15.8. The molecule has 3 rings (SSSR count). The highest BCUT2D eigenvalue weighted by Gasteiger charge is 2.42. The Morgan fingerprint density at radius 3 is 2.27 bits per heavy atom. The zero-order valence-electron chi connectivity index (χ0n) is 13.9. The summed E-state index contributed by atoms with van der Waals surface area (Å²) in [6, 6.07) is 8.33. The first-order valence-corrected chi connectivity index (χ1v) is 8.07. The summed E-state index contributed by atoms with van der Waals surface area (Å²) in [6.45, 7) is 11.6. The van der Waals surface area contributed by atoms with Crippen molar-refractivity contribution in [3.05, 3.63) is 47.5 Å². The molecule has 0 amide bonds. The van der Waals surface area contributed by atoms with E-state index in [2.05, 4.69) is 51.6 Å². The summed E-state index contributed by atoms with van der Waals surface area (Å²) in [4.78, 5) is 0. The molecule has 1 aromatic rings. The van der Waals surface area contributed by atoms with Gasteiger partial charge in [-0.15, -0.1) is 0 Å². The van der Waals surface area contributed by atoms with Gasteiger partial charge in [-0.3, -0.25) is 0 Å². The van der Waals surface area contributed by atoms with Gasteiger partial charge in [-0.05, 0) is 43.9 Å². The molecular formula is C19H26O3. The van der Waals surface area contributed by atoms with Gasteiger partial charge in [0.15, 0.2) is 5.79 Å². The van der Waals surface area contributed by atoms with E-state index in [1.54, 1.807) is 0 Å². The lowest BCUT2D eigenvalue weighted by molar-refractivity contribution is -0.271. The summed E-state index contributed by atoms with van der Waals surface area (Å²) in [7, 11) is 0. The van der Waals surface area contributed by atoms with Crippen LogP contribution in [-0.4, -0.2) is 17.5 Å². The van der Waals surface area contributed by atoms with E-state index in [4.69, 9.17) is 14.2 Å². The Bertz CT molecular complexity index is 529. The highest BCUT2D eigenvalue weighted by atomic mass is 16.7. The second-order valence-corrected chi connectivity index (χ2v) is 7.34. The van der Waals surface area contributed by atoms with Crippen molar-refractivity contribution in [2.24, 2.45) is 0 Å². The smallest absolute Gasteiger partial charge is 0.172 e. The van der Waals surface area contributed by atoms with Crippen LogP contribution in [0.5, 0.6) is 0 Å². The normalized spacial score (nSPS) is 24.9. The predicted molar refractivity (Wildman–Crippen MR) is 86.4 cm³/mol. The number of rotatable bonds is 1. The first-order valence-electron chi connectivity index (χ1n) is 8.07. The maximum Gasteiger partial charge on any atom is 0.172 e. The first kappa shape index (κ1) is 15.7. The molecule has 0 saturated heterocycles. The van der Waals surface area contributed by atoms with Gasteiger partial charge in [0.1, 0.15) is 0 Å². The second-order valence-electron chi connectivity index (χ2n) is 7.34. The van der Waals surface area contributed by atoms with Gasteiger partial charge in [0.25, 0.3) is 0 Å². The molecule has 22 heavy (non-hydrogen) atoms. The van der Waals surface area contributed by atoms with Crippen molar-refractivity contribution in [1.29, 1.82) is 0 Å². The van der Waals surface area contributed by atoms with Crippen LogP contribution >= 0.6 is 0 Å². The molecular weight excluding hydrogens is 276 g/mol. The minimum absolute atomic E-state index is 0.00466. The van der Waals surface area contributed by atoms with E-state index >= 15 is 0 Å². The Balaban J connectivity index is 1.75. The SMILES string of the molecule is C=C1CCC2(CC1OC(C)(C)C)OCc1ccccc1CO2. The molecule has 0 N–H and O–H groups in total. The van der Waals surface area contributed by atoms with Gasteiger partial charge in [0.2, 0.25) is 0 Å². The second kappa shape index (κ2) is 5.80. The molecule has 1 fully saturated rings. The van der Waals surface area contributed by atoms with Gasteiger partial charge < -0.3 is 14.2 Å². The Kier molecular flexibility index (Phi) is 4.15. The van der Waals surface area contributed by atoms with Gasteiger partial charge in [0.05, 0.1) is 24.9 Å². The fourth-order valence-corrected chi connectivity index (χ4v) is 3.15. The lowest BCUT2D eigenvalue weighted by Crippen LogP contribution is -2.45. The van der Waals surface area contributed by atoms with Crippen LogP contribution in [0.2, 0.25) is 0 Å². The van der Waals surface area contributed by atoms with E-state index in [0.29, 0.717) is 13.2 Å². The lowest BCUT2D eigenvalue weighted by Gasteiger charge is -2.42. The largest absolute Gasteiger partial charge is 0.368 e. The van der Waals surface area contributed by atoms with E-state index in [-0.39, 0.29) is 11.7 Å². The third-order valence-electron chi connectivity index (χ3n) is 4.37. The van der Waals surface area contributed by atoms with Gasteiger partial charge >= 0.3 is 0 Å². The maximum absolute atomic E-state index is 6.21. The average molecular weight is 302 g/mol. The Labute approximate surface area is 133 Å². The topological polar surface area (TPSA) is 27.7 Å². The molecule has 1 heterocycles. The molecule has 2 aliphatic rings. The summed E-state index contributed by atoms with van der Waals surface area (Å²) >= 11 is 0. The average Bonchev–Trinajstić information content (AvgIpc) is 2.63. The van der Waals surface area contributed by atoms with Gasteiger partial charge in [0, 0.05) is 12.8 Å². The molecule has 1 aromatic carbocycles. The predicted octanol–water partition coefficient (Wildman–Crippen LogP) is 4.35. The van der Waals surface area contributed by atoms with E-state index in [0.717, 1.165) is 24.8 Å². The zero-order valence-corrected chi connectivity index (χ0v) is 13.9. The van der Waals surface area contributed by atoms with Crippen LogP contribution in [0.15, 0.2) is 36.4 Å². The van der Waals surface area contributed by atoms with Crippen LogP contribution in [0.1, 0.15) is 51.2 Å². The van der Waals surface area contributed by atoms with Crippen molar-refractivity contribution in [3.63, 3.8) is 0 Å². The molecule has 3 heteroatoms. The monoisotopic (exact) mass is 302 g/mol. The number of hydrogen-bond donors (Lipinski definition) is 0. The van der Waals surface area contributed by atoms with Crippen molar-refractivity contribution >= 4 is 0 Å². The number of fused-ring (bicyclic) bond motifs is 1. The van der Waals surface area contributed by atoms with Gasteiger partial charge in [-0.1, -0.05) is 30.8 Å². The lowest BCUT2D eigenvalue weighted by atomic mass is 9.87. The molecule has 0 bridgehead atoms. The molecule has 0 aromatic heterocycles. The minimum Gasteiger partial charge on any atom is -0.368 e. The fourth-order valence-electron chi connectivity index (χ4n) is 3.15. The number of benzene rings is 1. The molecule has 0 radical (unpaired) electrons. The van der Waals surface area contributed by atoms with Crippen LogP contribution < -0.4 is 0 Å². The third-order valence-corrected chi connectivity index (χ3v) is 4.37. The summed E-state index contributed by atoms with van der Waals surface area (Å²) in [6.07, 6.45) is 2.45. The molecule has 3 nitrogen and oxygen atoms in total. The van der Waals surface area contributed by atoms with Crippen LogP contribution in [0.25, 0.3) is 0 Å². The van der Waals surface area contributed by atoms with Crippen LogP contribution in [0, 0.1) is 0 Å². The highest BCUT2D eigenvalue weighted by molar-refractivity contribution is 5.26. The summed E-state index contributed by atoms with van der Waals surface area (Å²) < 4.78 is 18.6. The van der Waals surface area contributed by atoms with Crippen LogP contribution in [0.4, 0.5) is 0 Å². The van der Waals surface area contributed by atoms with E-state index in [1.807, 2.05) is 0 Å². The Morgan fingerprint density at radius 1 is 1.14 bits per heavy atom. The van der Waals surface area contributed by atoms with Crippen molar-refractivity contribution in [2.45, 2.75) is 70.7 Å². The number of ether oxygens (including phenoxy) is 3. The summed E-state index contributed by atoms with van der Waals surface area (Å²) in [5.74, 6) is -0.546. The van der Waals surface area contributed by atoms with Crippen molar-refractivity contribution in [1.82, 2.24) is 0 Å². The standard InChI is InChI=1S/C19H26O3/c1-14-9-10-19(11-17(14)22-18(2,3)4)20-12-15-7-5-6-8-16(15)13-21-19/h5-8,17H,1,9-13H2,2-4H3. The van der Waals surface area contributed by atoms with Gasteiger partial charge in [-0.25, -0.2) is 0 Å². The number of hydrogen-bond acceptors (Lipinski definition) is 3. The highest BCUT2D eigenvalue weighted by Crippen LogP contribution is 2.40. The molecule has 1 aliphatic heterocycles. The van der Waals surface area contributed by atoms with Gasteiger partial charge in [-0.2, -0.15) is 0 Å². The molecule has 1 aliphatic carbocycles. The Hall–Kier alpha value is -1.16. The van der Waals surface area contributed by atoms with E-state index < -0.39 is 5.79 Å². The van der Waals surface area contributed by atoms with E-state index in [9.17, 15) is 0 Å². The quantitative estimate of drug-likeness (QED) is 0.722. The molecule has 1 unspecified atom stereocenters. The molecule has 1 saturated carbocycles. The van der Waals surface area contributed by atoms with Crippen molar-refractivity contribution in [3.8, 4) is 0 Å². The fraction of sp³-hybridized carbons (Fsp3) is 0.579. The molecule has 1 spiro atoms. The first-order chi connectivity index (χ1) is 10.4. The van der Waals surface area contributed by atoms with Crippen LogP contribution in [0.3, 0.4) is 0 Å². The van der Waals surface area contributed by atoms with Crippen molar-refractivity contribution < 1.29 is 14.2 Å². The summed E-state index contributed by atoms with van der Waals surface area (Å²) in [5.41, 5.74) is 3.39. The van der Waals surface area contributed by atoms with Crippen molar-refractivity contribution in [2.75, 3.05) is 0 Å². The third kappa shape index (κ3) is 3.43. The van der Waals surface area contributed by atoms with E-state index in [1.165, 1.54) is 11.1 Å². The summed E-state index contributed by atoms with van der Waals surface area (Å²) in [5, 5.41) is 0. The minimum atomic E-state index is -0.546. The maximum atomic E-state index is 6.21. The Morgan fingerprint density at radius 2 is 1.73 bits per heavy atom. The molecule has 1 atom stereocenters.